The van der Waals surface area contributed by atoms with Crippen LogP contribution in [-0.4, -0.2) is 70.8 Å². The van der Waals surface area contributed by atoms with Gasteiger partial charge in [0.05, 0.1) is 23.5 Å². The van der Waals surface area contributed by atoms with Crippen molar-refractivity contribution in [2.45, 2.75) is 96.7 Å². The van der Waals surface area contributed by atoms with Crippen LogP contribution < -0.4 is 0 Å². The number of nitrogens with zero attached hydrogens (tertiary/aromatic N) is 1. The second-order valence-electron chi connectivity index (χ2n) is 13.3. The Morgan fingerprint density at radius 3 is 2.43 bits per heavy atom. The Kier molecular flexibility index (Phi) is 9.02. The SMILES string of the molecule is C=C(C)C1C=C[C@@H](OC(=O)c2cccnc2)C23COC(C)(C(=O)[C@@]4(OC(C)=O)C[C@H](C)C(OC(=O)CCC)C4[C@H]2OC(=O)CC)C13. The Morgan fingerprint density at radius 1 is 1.09 bits per heavy atom. The predicted molar refractivity (Wildman–Crippen MR) is 163 cm³/mol. The third-order valence-corrected chi connectivity index (χ3v) is 10.2. The molecule has 5 rings (SSSR count). The highest BCUT2D eigenvalue weighted by atomic mass is 16.6. The molecule has 10 atom stereocenters. The third-order valence-electron chi connectivity index (χ3n) is 10.2. The van der Waals surface area contributed by atoms with Crippen LogP contribution in [0.4, 0.5) is 0 Å². The Morgan fingerprint density at radius 2 is 1.83 bits per heavy atom. The van der Waals surface area contributed by atoms with E-state index in [0.717, 1.165) is 0 Å². The molecule has 248 valence electrons. The summed E-state index contributed by atoms with van der Waals surface area (Å²) in [6.45, 7) is 14.1. The fourth-order valence-electron chi connectivity index (χ4n) is 8.50. The van der Waals surface area contributed by atoms with E-state index in [-0.39, 0.29) is 31.4 Å². The summed E-state index contributed by atoms with van der Waals surface area (Å²) in [6.07, 6.45) is 3.85. The van der Waals surface area contributed by atoms with Gasteiger partial charge in [-0.3, -0.25) is 24.2 Å². The number of esters is 4. The number of carbonyl (C=O) groups is 5. The Labute approximate surface area is 269 Å². The Balaban J connectivity index is 1.79. The summed E-state index contributed by atoms with van der Waals surface area (Å²) < 4.78 is 31.3. The average Bonchev–Trinajstić information content (AvgIpc) is 3.46. The van der Waals surface area contributed by atoms with Gasteiger partial charge in [-0.1, -0.05) is 39.0 Å². The van der Waals surface area contributed by atoms with Crippen LogP contribution in [0.25, 0.3) is 0 Å². The van der Waals surface area contributed by atoms with Gasteiger partial charge in [0.2, 0.25) is 5.78 Å². The molecule has 0 aromatic carbocycles. The molecular weight excluding hydrogens is 594 g/mol. The van der Waals surface area contributed by atoms with Crippen molar-refractivity contribution >= 4 is 29.7 Å². The van der Waals surface area contributed by atoms with Crippen LogP contribution in [0.5, 0.6) is 0 Å². The van der Waals surface area contributed by atoms with Crippen molar-refractivity contribution in [3.05, 3.63) is 54.4 Å². The zero-order valence-electron chi connectivity index (χ0n) is 27.3. The smallest absolute Gasteiger partial charge is 0.340 e. The number of fused-ring (bicyclic) bond motifs is 1. The lowest BCUT2D eigenvalue weighted by molar-refractivity contribution is -0.210. The normalized spacial score (nSPS) is 37.3. The first-order valence-electron chi connectivity index (χ1n) is 16.0. The van der Waals surface area contributed by atoms with E-state index >= 15 is 4.79 Å². The van der Waals surface area contributed by atoms with E-state index in [1.807, 2.05) is 26.8 Å². The van der Waals surface area contributed by atoms with Gasteiger partial charge in [-0.05, 0) is 44.4 Å². The van der Waals surface area contributed by atoms with Crippen molar-refractivity contribution in [3.63, 3.8) is 0 Å². The van der Waals surface area contributed by atoms with Gasteiger partial charge in [0.15, 0.2) is 5.60 Å². The maximum atomic E-state index is 15.2. The number of rotatable bonds is 9. The molecule has 2 bridgehead atoms. The van der Waals surface area contributed by atoms with Gasteiger partial charge in [-0.2, -0.15) is 0 Å². The van der Waals surface area contributed by atoms with Crippen LogP contribution in [0.15, 0.2) is 48.8 Å². The number of pyridine rings is 1. The zero-order valence-corrected chi connectivity index (χ0v) is 27.3. The van der Waals surface area contributed by atoms with Gasteiger partial charge in [0.25, 0.3) is 0 Å². The van der Waals surface area contributed by atoms with Gasteiger partial charge < -0.3 is 23.7 Å². The third kappa shape index (κ3) is 5.16. The number of hydrogen-bond acceptors (Lipinski definition) is 11. The number of hydrogen-bond donors (Lipinski definition) is 0. The summed E-state index contributed by atoms with van der Waals surface area (Å²) in [6, 6.07) is 3.18. The van der Waals surface area contributed by atoms with E-state index in [4.69, 9.17) is 23.7 Å². The van der Waals surface area contributed by atoms with Gasteiger partial charge in [-0.25, -0.2) is 4.79 Å². The number of Topliss-reactive ketones (excluding diaryl/α,β-unsaturated/α-hetero) is 1. The molecule has 0 radical (unpaired) electrons. The minimum absolute atomic E-state index is 0.00732. The van der Waals surface area contributed by atoms with Gasteiger partial charge in [0, 0.05) is 50.4 Å². The van der Waals surface area contributed by atoms with Crippen LogP contribution in [0.3, 0.4) is 0 Å². The van der Waals surface area contributed by atoms with E-state index in [9.17, 15) is 19.2 Å². The lowest BCUT2D eigenvalue weighted by Crippen LogP contribution is -2.62. The summed E-state index contributed by atoms with van der Waals surface area (Å²) in [4.78, 5) is 72.1. The van der Waals surface area contributed by atoms with E-state index in [1.165, 1.54) is 19.3 Å². The largest absolute Gasteiger partial charge is 0.461 e. The molecule has 1 aromatic heterocycles. The first kappa shape index (κ1) is 33.5. The molecular formula is C35H43NO10. The van der Waals surface area contributed by atoms with E-state index in [1.54, 1.807) is 32.1 Å². The van der Waals surface area contributed by atoms with E-state index in [2.05, 4.69) is 11.6 Å². The van der Waals surface area contributed by atoms with Gasteiger partial charge >= 0.3 is 23.9 Å². The molecule has 0 amide bonds. The lowest BCUT2D eigenvalue weighted by Gasteiger charge is -2.51. The average molecular weight is 638 g/mol. The van der Waals surface area contributed by atoms with Gasteiger partial charge in [-0.15, -0.1) is 0 Å². The molecule has 2 saturated carbocycles. The lowest BCUT2D eigenvalue weighted by atomic mass is 9.55. The first-order chi connectivity index (χ1) is 21.8. The van der Waals surface area contributed by atoms with Crippen LogP contribution in [0, 0.1) is 29.1 Å². The highest BCUT2D eigenvalue weighted by Gasteiger charge is 2.81. The highest BCUT2D eigenvalue weighted by Crippen LogP contribution is 2.67. The topological polar surface area (TPSA) is 144 Å². The first-order valence-corrected chi connectivity index (χ1v) is 16.0. The molecule has 0 spiro atoms. The van der Waals surface area contributed by atoms with Crippen LogP contribution in [-0.2, 0) is 42.9 Å². The van der Waals surface area contributed by atoms with Crippen molar-refractivity contribution in [2.24, 2.45) is 29.1 Å². The molecule has 1 saturated heterocycles. The molecule has 3 fully saturated rings. The molecule has 6 unspecified atom stereocenters. The maximum absolute atomic E-state index is 15.2. The number of ketones is 1. The molecule has 0 N–H and O–H groups in total. The molecule has 4 aliphatic rings. The molecule has 3 aliphatic carbocycles. The fraction of sp³-hybridized carbons (Fsp3) is 0.600. The molecule has 11 heteroatoms. The summed E-state index contributed by atoms with van der Waals surface area (Å²) in [5.41, 5.74) is -3.94. The molecule has 1 aromatic rings. The summed E-state index contributed by atoms with van der Waals surface area (Å²) >= 11 is 0. The minimum Gasteiger partial charge on any atom is -0.461 e. The minimum atomic E-state index is -1.88. The van der Waals surface area contributed by atoms with Crippen LogP contribution >= 0.6 is 0 Å². The summed E-state index contributed by atoms with van der Waals surface area (Å²) in [5.74, 6) is -5.82. The molecule has 2 heterocycles. The second kappa shape index (κ2) is 12.4. The quantitative estimate of drug-likeness (QED) is 0.217. The Hall–Kier alpha value is -3.86. The molecule has 11 nitrogen and oxygen atoms in total. The zero-order chi connectivity index (χ0) is 33.6. The van der Waals surface area contributed by atoms with Crippen LogP contribution in [0.2, 0.25) is 0 Å². The standard InChI is InChI=1S/C35H43NO10/c1-8-11-26(39)44-28-20(5)16-35(46-21(6)37)27(28)30(45-25(38)9-2)34-18-42-33(7,32(35)41)29(34)23(19(3)4)13-14-24(34)43-31(40)22-12-10-15-36-17-22/h10,12-15,17,20,23-24,27-30H,3,8-9,11,16,18H2,1-2,4-7H3/t20-,23?,24+,27?,28?,29?,30+,33?,34?,35+/m0/s1. The predicted octanol–water partition coefficient (Wildman–Crippen LogP) is 4.33. The highest BCUT2D eigenvalue weighted by molar-refractivity contribution is 5.98. The van der Waals surface area contributed by atoms with Crippen molar-refractivity contribution in [3.8, 4) is 0 Å². The number of ether oxygens (including phenoxy) is 5. The van der Waals surface area contributed by atoms with Crippen molar-refractivity contribution < 1.29 is 47.7 Å². The number of allylic oxidation sites excluding steroid dienone is 2. The number of carbonyl (C=O) groups excluding carboxylic acids is 5. The fourth-order valence-corrected chi connectivity index (χ4v) is 8.50. The maximum Gasteiger partial charge on any atom is 0.340 e. The van der Waals surface area contributed by atoms with E-state index in [0.29, 0.717) is 12.0 Å². The summed E-state index contributed by atoms with van der Waals surface area (Å²) in [7, 11) is 0. The van der Waals surface area contributed by atoms with Crippen molar-refractivity contribution in [2.75, 3.05) is 6.61 Å². The molecule has 1 aliphatic heterocycles. The molecule has 46 heavy (non-hydrogen) atoms. The van der Waals surface area contributed by atoms with Gasteiger partial charge in [0.1, 0.15) is 23.9 Å². The van der Waals surface area contributed by atoms with Crippen molar-refractivity contribution in [1.29, 1.82) is 0 Å². The Bertz CT molecular complexity index is 1460. The van der Waals surface area contributed by atoms with Crippen LogP contribution in [0.1, 0.15) is 77.6 Å². The summed E-state index contributed by atoms with van der Waals surface area (Å²) in [5, 5.41) is 0. The van der Waals surface area contributed by atoms with Crippen molar-refractivity contribution in [1.82, 2.24) is 4.98 Å². The second-order valence-corrected chi connectivity index (χ2v) is 13.3. The number of aromatic nitrogens is 1. The van der Waals surface area contributed by atoms with E-state index < -0.39 is 88.3 Å². The monoisotopic (exact) mass is 637 g/mol.